The standard InChI is InChI=1S/C15H28N2S/c1-12-15(11-16,8-10-18-12)17-9-4-6-13-5-2-3-7-14(13)17/h12-14H,2-11,16H2,1H3/t12?,13-,14-,15?/m1/s1. The van der Waals surface area contributed by atoms with Crippen molar-refractivity contribution in [3.63, 3.8) is 0 Å². The molecular formula is C15H28N2S. The maximum atomic E-state index is 6.26. The summed E-state index contributed by atoms with van der Waals surface area (Å²) >= 11 is 2.14. The van der Waals surface area contributed by atoms with Gasteiger partial charge in [0.2, 0.25) is 0 Å². The van der Waals surface area contributed by atoms with Crippen molar-refractivity contribution in [1.82, 2.24) is 4.90 Å². The first kappa shape index (κ1) is 13.3. The van der Waals surface area contributed by atoms with Gasteiger partial charge in [-0.15, -0.1) is 0 Å². The molecule has 0 spiro atoms. The van der Waals surface area contributed by atoms with Gasteiger partial charge < -0.3 is 5.73 Å². The molecule has 4 atom stereocenters. The van der Waals surface area contributed by atoms with Gasteiger partial charge in [-0.25, -0.2) is 0 Å². The topological polar surface area (TPSA) is 29.3 Å². The van der Waals surface area contributed by atoms with E-state index in [4.69, 9.17) is 5.73 Å². The third-order valence-corrected chi connectivity index (χ3v) is 7.21. The first-order valence-corrected chi connectivity index (χ1v) is 8.91. The Balaban J connectivity index is 1.84. The van der Waals surface area contributed by atoms with Gasteiger partial charge in [-0.2, -0.15) is 11.8 Å². The quantitative estimate of drug-likeness (QED) is 0.835. The van der Waals surface area contributed by atoms with Gasteiger partial charge in [-0.1, -0.05) is 19.8 Å². The highest BCUT2D eigenvalue weighted by molar-refractivity contribution is 8.00. The highest BCUT2D eigenvalue weighted by Crippen LogP contribution is 2.46. The Morgan fingerprint density at radius 3 is 2.72 bits per heavy atom. The Morgan fingerprint density at radius 1 is 1.22 bits per heavy atom. The summed E-state index contributed by atoms with van der Waals surface area (Å²) < 4.78 is 0. The lowest BCUT2D eigenvalue weighted by Crippen LogP contribution is -2.64. The summed E-state index contributed by atoms with van der Waals surface area (Å²) in [6, 6.07) is 0.859. The molecule has 1 aliphatic carbocycles. The lowest BCUT2D eigenvalue weighted by molar-refractivity contribution is -0.0234. The van der Waals surface area contributed by atoms with Crippen LogP contribution in [0.1, 0.15) is 51.9 Å². The number of hydrogen-bond acceptors (Lipinski definition) is 3. The highest BCUT2D eigenvalue weighted by atomic mass is 32.2. The minimum atomic E-state index is 0.325. The molecule has 2 aliphatic heterocycles. The van der Waals surface area contributed by atoms with E-state index in [1.54, 1.807) is 0 Å². The molecule has 1 saturated carbocycles. The monoisotopic (exact) mass is 268 g/mol. The van der Waals surface area contributed by atoms with Crippen LogP contribution in [0.25, 0.3) is 0 Å². The summed E-state index contributed by atoms with van der Waals surface area (Å²) in [6.45, 7) is 4.59. The van der Waals surface area contributed by atoms with E-state index in [0.717, 1.165) is 23.8 Å². The minimum absolute atomic E-state index is 0.325. The molecule has 18 heavy (non-hydrogen) atoms. The summed E-state index contributed by atoms with van der Waals surface area (Å²) in [6.07, 6.45) is 10.0. The molecule has 0 radical (unpaired) electrons. The van der Waals surface area contributed by atoms with Crippen molar-refractivity contribution in [3.8, 4) is 0 Å². The minimum Gasteiger partial charge on any atom is -0.329 e. The van der Waals surface area contributed by atoms with Crippen LogP contribution in [0.2, 0.25) is 0 Å². The molecule has 3 aliphatic rings. The second kappa shape index (κ2) is 5.34. The van der Waals surface area contributed by atoms with E-state index in [0.29, 0.717) is 5.54 Å². The smallest absolute Gasteiger partial charge is 0.0458 e. The number of hydrogen-bond donors (Lipinski definition) is 1. The Hall–Kier alpha value is 0.270. The molecule has 0 amide bonds. The van der Waals surface area contributed by atoms with Crippen molar-refractivity contribution in [1.29, 1.82) is 0 Å². The molecule has 0 aromatic heterocycles. The molecular weight excluding hydrogens is 240 g/mol. The zero-order valence-electron chi connectivity index (χ0n) is 11.7. The normalized spacial score (nSPS) is 46.0. The van der Waals surface area contributed by atoms with Gasteiger partial charge >= 0.3 is 0 Å². The lowest BCUT2D eigenvalue weighted by atomic mass is 9.75. The van der Waals surface area contributed by atoms with E-state index >= 15 is 0 Å². The third-order valence-electron chi connectivity index (χ3n) is 5.83. The predicted octanol–water partition coefficient (Wildman–Crippen LogP) is 2.86. The lowest BCUT2D eigenvalue weighted by Gasteiger charge is -2.54. The third kappa shape index (κ3) is 2.03. The Kier molecular flexibility index (Phi) is 3.93. The van der Waals surface area contributed by atoms with Gasteiger partial charge in [0.1, 0.15) is 0 Å². The summed E-state index contributed by atoms with van der Waals surface area (Å²) in [5.41, 5.74) is 6.58. The van der Waals surface area contributed by atoms with Crippen LogP contribution in [0.3, 0.4) is 0 Å². The Labute approximate surface area is 116 Å². The SMILES string of the molecule is CC1SCCC1(CN)N1CCC[C@H]2CCCC[C@H]21. The van der Waals surface area contributed by atoms with Gasteiger partial charge in [0.05, 0.1) is 0 Å². The van der Waals surface area contributed by atoms with Crippen LogP contribution in [-0.4, -0.2) is 40.6 Å². The number of nitrogens with two attached hydrogens (primary N) is 1. The fourth-order valence-electron chi connectivity index (χ4n) is 4.71. The molecule has 0 aromatic carbocycles. The van der Waals surface area contributed by atoms with Gasteiger partial charge in [0.15, 0.2) is 0 Å². The van der Waals surface area contributed by atoms with E-state index in [1.165, 1.54) is 57.2 Å². The van der Waals surface area contributed by atoms with Crippen LogP contribution in [0.4, 0.5) is 0 Å². The molecule has 2 heterocycles. The summed E-state index contributed by atoms with van der Waals surface area (Å²) in [4.78, 5) is 2.88. The second-order valence-corrected chi connectivity index (χ2v) is 7.97. The number of rotatable bonds is 2. The predicted molar refractivity (Wildman–Crippen MR) is 80.0 cm³/mol. The molecule has 0 bridgehead atoms. The van der Waals surface area contributed by atoms with Gasteiger partial charge in [-0.05, 0) is 50.3 Å². The fraction of sp³-hybridized carbons (Fsp3) is 1.00. The molecule has 3 heteroatoms. The second-order valence-electron chi connectivity index (χ2n) is 6.52. The van der Waals surface area contributed by atoms with Crippen molar-refractivity contribution in [2.75, 3.05) is 18.8 Å². The number of likely N-dealkylation sites (tertiary alicyclic amines) is 1. The van der Waals surface area contributed by atoms with Crippen molar-refractivity contribution in [3.05, 3.63) is 0 Å². The van der Waals surface area contributed by atoms with E-state index in [9.17, 15) is 0 Å². The number of nitrogens with zero attached hydrogens (tertiary/aromatic N) is 1. The summed E-state index contributed by atoms with van der Waals surface area (Å²) in [5, 5.41) is 0.725. The molecule has 104 valence electrons. The van der Waals surface area contributed by atoms with Gasteiger partial charge in [-0.3, -0.25) is 4.90 Å². The highest BCUT2D eigenvalue weighted by Gasteiger charge is 2.49. The van der Waals surface area contributed by atoms with Crippen molar-refractivity contribution < 1.29 is 0 Å². The van der Waals surface area contributed by atoms with Crippen LogP contribution < -0.4 is 5.73 Å². The molecule has 2 N–H and O–H groups in total. The van der Waals surface area contributed by atoms with Crippen LogP contribution in [0.15, 0.2) is 0 Å². The van der Waals surface area contributed by atoms with Crippen molar-refractivity contribution >= 4 is 11.8 Å². The molecule has 0 aromatic rings. The maximum Gasteiger partial charge on any atom is 0.0458 e. The fourth-order valence-corrected chi connectivity index (χ4v) is 6.20. The van der Waals surface area contributed by atoms with Crippen LogP contribution in [-0.2, 0) is 0 Å². The molecule has 3 fully saturated rings. The van der Waals surface area contributed by atoms with E-state index in [1.807, 2.05) is 0 Å². The van der Waals surface area contributed by atoms with Crippen molar-refractivity contribution in [2.45, 2.75) is 68.7 Å². The Morgan fingerprint density at radius 2 is 2.00 bits per heavy atom. The summed E-state index contributed by atoms with van der Waals surface area (Å²) in [5.74, 6) is 2.29. The van der Waals surface area contributed by atoms with E-state index in [2.05, 4.69) is 23.6 Å². The van der Waals surface area contributed by atoms with E-state index < -0.39 is 0 Å². The molecule has 3 rings (SSSR count). The zero-order chi connectivity index (χ0) is 12.6. The Bertz CT molecular complexity index is 294. The van der Waals surface area contributed by atoms with Crippen molar-refractivity contribution in [2.24, 2.45) is 11.7 Å². The number of fused-ring (bicyclic) bond motifs is 1. The molecule has 2 saturated heterocycles. The zero-order valence-corrected chi connectivity index (χ0v) is 12.6. The van der Waals surface area contributed by atoms with Gasteiger partial charge in [0, 0.05) is 23.4 Å². The first-order valence-electron chi connectivity index (χ1n) is 7.86. The largest absolute Gasteiger partial charge is 0.329 e. The van der Waals surface area contributed by atoms with Gasteiger partial charge in [0.25, 0.3) is 0 Å². The first-order chi connectivity index (χ1) is 8.78. The van der Waals surface area contributed by atoms with Crippen LogP contribution in [0, 0.1) is 5.92 Å². The maximum absolute atomic E-state index is 6.26. The van der Waals surface area contributed by atoms with Crippen LogP contribution >= 0.6 is 11.8 Å². The van der Waals surface area contributed by atoms with E-state index in [-0.39, 0.29) is 0 Å². The number of thioether (sulfide) groups is 1. The average molecular weight is 268 g/mol. The summed E-state index contributed by atoms with van der Waals surface area (Å²) in [7, 11) is 0. The molecule has 2 nitrogen and oxygen atoms in total. The average Bonchev–Trinajstić information content (AvgIpc) is 2.80. The van der Waals surface area contributed by atoms with Crippen LogP contribution in [0.5, 0.6) is 0 Å². The molecule has 2 unspecified atom stereocenters. The number of piperidine rings is 1.